The lowest BCUT2D eigenvalue weighted by molar-refractivity contribution is -0.139. The molecule has 0 aliphatic rings. The molecule has 0 aliphatic carbocycles. The summed E-state index contributed by atoms with van der Waals surface area (Å²) >= 11 is 0. The lowest BCUT2D eigenvalue weighted by Crippen LogP contribution is -2.49. The van der Waals surface area contributed by atoms with Gasteiger partial charge in [0.15, 0.2) is 0 Å². The van der Waals surface area contributed by atoms with Crippen molar-refractivity contribution in [1.82, 2.24) is 5.32 Å². The second kappa shape index (κ2) is 9.30. The van der Waals surface area contributed by atoms with Crippen LogP contribution in [0.1, 0.15) is 64.4 Å². The highest BCUT2D eigenvalue weighted by atomic mass is 16.5. The minimum Gasteiger partial charge on any atom is -0.497 e. The zero-order valence-electron chi connectivity index (χ0n) is 15.1. The van der Waals surface area contributed by atoms with E-state index in [1.807, 2.05) is 45.0 Å². The fourth-order valence-electron chi connectivity index (χ4n) is 2.95. The molecule has 24 heavy (non-hydrogen) atoms. The molecule has 2 N–H and O–H groups in total. The SMILES string of the molecule is CCC(CC(=O)NC(CC)(CC)CC(=O)O)c1ccc(OC)cc1. The van der Waals surface area contributed by atoms with E-state index in [-0.39, 0.29) is 18.2 Å². The van der Waals surface area contributed by atoms with E-state index in [4.69, 9.17) is 9.84 Å². The van der Waals surface area contributed by atoms with E-state index in [0.29, 0.717) is 19.3 Å². The monoisotopic (exact) mass is 335 g/mol. The molecule has 1 rings (SSSR count). The van der Waals surface area contributed by atoms with Gasteiger partial charge >= 0.3 is 5.97 Å². The van der Waals surface area contributed by atoms with E-state index < -0.39 is 11.5 Å². The summed E-state index contributed by atoms with van der Waals surface area (Å²) in [6.45, 7) is 5.87. The van der Waals surface area contributed by atoms with Gasteiger partial charge in [-0.2, -0.15) is 0 Å². The van der Waals surface area contributed by atoms with Gasteiger partial charge in [-0.25, -0.2) is 0 Å². The van der Waals surface area contributed by atoms with Crippen LogP contribution in [0, 0.1) is 0 Å². The number of rotatable bonds is 10. The number of carboxylic acids is 1. The minimum atomic E-state index is -0.888. The second-order valence-electron chi connectivity index (χ2n) is 6.19. The average Bonchev–Trinajstić information content (AvgIpc) is 2.58. The Kier molecular flexibility index (Phi) is 7.75. The third-order valence-corrected chi connectivity index (χ3v) is 4.76. The molecule has 0 spiro atoms. The van der Waals surface area contributed by atoms with Crippen molar-refractivity contribution in [2.75, 3.05) is 7.11 Å². The fraction of sp³-hybridized carbons (Fsp3) is 0.579. The predicted molar refractivity (Wildman–Crippen MR) is 94.4 cm³/mol. The Morgan fingerprint density at radius 3 is 2.17 bits per heavy atom. The smallest absolute Gasteiger partial charge is 0.305 e. The molecule has 1 atom stereocenters. The van der Waals surface area contributed by atoms with Gasteiger partial charge in [-0.05, 0) is 42.9 Å². The van der Waals surface area contributed by atoms with Gasteiger partial charge < -0.3 is 15.2 Å². The molecule has 5 nitrogen and oxygen atoms in total. The summed E-state index contributed by atoms with van der Waals surface area (Å²) in [5.74, 6) is -0.0912. The number of benzene rings is 1. The van der Waals surface area contributed by atoms with Gasteiger partial charge in [0.05, 0.1) is 13.5 Å². The van der Waals surface area contributed by atoms with Crippen molar-refractivity contribution >= 4 is 11.9 Å². The number of hydrogen-bond donors (Lipinski definition) is 2. The van der Waals surface area contributed by atoms with E-state index >= 15 is 0 Å². The van der Waals surface area contributed by atoms with Crippen LogP contribution in [0.15, 0.2) is 24.3 Å². The molecule has 1 aromatic rings. The molecule has 0 heterocycles. The summed E-state index contributed by atoms with van der Waals surface area (Å²) in [7, 11) is 1.62. The average molecular weight is 335 g/mol. The van der Waals surface area contributed by atoms with Gasteiger partial charge in [0.2, 0.25) is 5.91 Å². The lowest BCUT2D eigenvalue weighted by Gasteiger charge is -2.32. The summed E-state index contributed by atoms with van der Waals surface area (Å²) in [6, 6.07) is 7.74. The van der Waals surface area contributed by atoms with Gasteiger partial charge in [-0.1, -0.05) is 32.9 Å². The fourth-order valence-corrected chi connectivity index (χ4v) is 2.95. The summed E-state index contributed by atoms with van der Waals surface area (Å²) in [5.41, 5.74) is 0.423. The van der Waals surface area contributed by atoms with Crippen LogP contribution in [0.3, 0.4) is 0 Å². The van der Waals surface area contributed by atoms with E-state index in [1.165, 1.54) is 0 Å². The quantitative estimate of drug-likeness (QED) is 0.683. The molecular formula is C19H29NO4. The predicted octanol–water partition coefficient (Wildman–Crippen LogP) is 3.73. The van der Waals surface area contributed by atoms with Crippen molar-refractivity contribution in [3.05, 3.63) is 29.8 Å². The van der Waals surface area contributed by atoms with Crippen molar-refractivity contribution < 1.29 is 19.4 Å². The zero-order chi connectivity index (χ0) is 18.2. The van der Waals surface area contributed by atoms with Crippen molar-refractivity contribution in [2.45, 2.75) is 64.3 Å². The van der Waals surface area contributed by atoms with E-state index in [0.717, 1.165) is 17.7 Å². The third-order valence-electron chi connectivity index (χ3n) is 4.76. The van der Waals surface area contributed by atoms with Crippen LogP contribution in [0.25, 0.3) is 0 Å². The van der Waals surface area contributed by atoms with Crippen molar-refractivity contribution in [3.63, 3.8) is 0 Å². The second-order valence-corrected chi connectivity index (χ2v) is 6.19. The van der Waals surface area contributed by atoms with Crippen molar-refractivity contribution in [3.8, 4) is 5.75 Å². The Morgan fingerprint density at radius 2 is 1.75 bits per heavy atom. The number of methoxy groups -OCH3 is 1. The number of aliphatic carboxylic acids is 1. The first-order chi connectivity index (χ1) is 11.4. The summed E-state index contributed by atoms with van der Waals surface area (Å²) in [5, 5.41) is 12.1. The van der Waals surface area contributed by atoms with Crippen LogP contribution in [-0.4, -0.2) is 29.6 Å². The third kappa shape index (κ3) is 5.55. The highest BCUT2D eigenvalue weighted by Gasteiger charge is 2.31. The highest BCUT2D eigenvalue weighted by Crippen LogP contribution is 2.27. The molecule has 0 bridgehead atoms. The first kappa shape index (κ1) is 20.0. The molecular weight excluding hydrogens is 306 g/mol. The van der Waals surface area contributed by atoms with Crippen molar-refractivity contribution in [2.24, 2.45) is 0 Å². The van der Waals surface area contributed by atoms with Gasteiger partial charge in [0.1, 0.15) is 5.75 Å². The number of carbonyl (C=O) groups excluding carboxylic acids is 1. The minimum absolute atomic E-state index is 0.0505. The first-order valence-electron chi connectivity index (χ1n) is 8.56. The number of carboxylic acid groups (broad SMARTS) is 1. The van der Waals surface area contributed by atoms with Gasteiger partial charge in [0.25, 0.3) is 0 Å². The molecule has 1 amide bonds. The summed E-state index contributed by atoms with van der Waals surface area (Å²) in [4.78, 5) is 23.6. The Balaban J connectivity index is 2.79. The summed E-state index contributed by atoms with van der Waals surface area (Å²) < 4.78 is 5.16. The van der Waals surface area contributed by atoms with Gasteiger partial charge in [-0.15, -0.1) is 0 Å². The maximum absolute atomic E-state index is 12.5. The Labute approximate surface area is 144 Å². The number of carbonyl (C=O) groups is 2. The van der Waals surface area contributed by atoms with E-state index in [1.54, 1.807) is 7.11 Å². The Bertz CT molecular complexity index is 535. The topological polar surface area (TPSA) is 75.6 Å². The van der Waals surface area contributed by atoms with Crippen LogP contribution in [0.5, 0.6) is 5.75 Å². The number of hydrogen-bond acceptors (Lipinski definition) is 3. The Hall–Kier alpha value is -2.04. The number of ether oxygens (including phenoxy) is 1. The van der Waals surface area contributed by atoms with Crippen LogP contribution in [0.2, 0.25) is 0 Å². The van der Waals surface area contributed by atoms with Crippen LogP contribution < -0.4 is 10.1 Å². The summed E-state index contributed by atoms with van der Waals surface area (Å²) in [6.07, 6.45) is 2.33. The molecule has 0 saturated carbocycles. The molecule has 0 fully saturated rings. The maximum Gasteiger partial charge on any atom is 0.305 e. The van der Waals surface area contributed by atoms with Gasteiger partial charge in [0, 0.05) is 12.0 Å². The van der Waals surface area contributed by atoms with Crippen molar-refractivity contribution in [1.29, 1.82) is 0 Å². The molecule has 134 valence electrons. The number of amides is 1. The highest BCUT2D eigenvalue weighted by molar-refractivity contribution is 5.79. The molecule has 1 aromatic carbocycles. The Morgan fingerprint density at radius 1 is 1.17 bits per heavy atom. The van der Waals surface area contributed by atoms with Crippen LogP contribution >= 0.6 is 0 Å². The molecule has 5 heteroatoms. The zero-order valence-corrected chi connectivity index (χ0v) is 15.1. The number of nitrogens with one attached hydrogen (secondary N) is 1. The molecule has 1 unspecified atom stereocenters. The largest absolute Gasteiger partial charge is 0.497 e. The molecule has 0 saturated heterocycles. The lowest BCUT2D eigenvalue weighted by atomic mass is 9.87. The standard InChI is InChI=1S/C19H29NO4/c1-5-14(15-8-10-16(24-4)11-9-15)12-17(21)20-19(6-2,7-3)13-18(22)23/h8-11,14H,5-7,12-13H2,1-4H3,(H,20,21)(H,22,23). The van der Waals surface area contributed by atoms with Gasteiger partial charge in [-0.3, -0.25) is 9.59 Å². The van der Waals surface area contributed by atoms with E-state index in [9.17, 15) is 9.59 Å². The molecule has 0 aliphatic heterocycles. The van der Waals surface area contributed by atoms with Crippen LogP contribution in [-0.2, 0) is 9.59 Å². The van der Waals surface area contributed by atoms with Crippen LogP contribution in [0.4, 0.5) is 0 Å². The maximum atomic E-state index is 12.5. The molecule has 0 aromatic heterocycles. The van der Waals surface area contributed by atoms with E-state index in [2.05, 4.69) is 5.32 Å². The normalized spacial score (nSPS) is 12.5. The molecule has 0 radical (unpaired) electrons. The first-order valence-corrected chi connectivity index (χ1v) is 8.56.